The fraction of sp³-hybridized carbons (Fsp3) is 0. The number of benzene rings is 9. The predicted octanol–water partition coefficient (Wildman–Crippen LogP) is 14.1. The summed E-state index contributed by atoms with van der Waals surface area (Å²) >= 11 is 0. The van der Waals surface area contributed by atoms with Gasteiger partial charge in [-0.1, -0.05) is 103 Å². The molecule has 0 radical (unpaired) electrons. The number of fused-ring (bicyclic) bond motifs is 11. The number of aromatic nitrogens is 1. The van der Waals surface area contributed by atoms with E-state index < -0.39 is 0 Å². The topological polar surface area (TPSA) is 21.3 Å². The van der Waals surface area contributed by atoms with Gasteiger partial charge in [0.25, 0.3) is 0 Å². The molecule has 1 aliphatic carbocycles. The Morgan fingerprint density at radius 1 is 0.377 bits per heavy atom. The highest BCUT2D eigenvalue weighted by molar-refractivity contribution is 6.24. The molecule has 0 unspecified atom stereocenters. The standard InChI is InChI=1S/C50H30N2O/c1-2-13-33(14-3-1)52-45-19-8-6-16-38(45)43-29-35(22-25-46(43)52)51(36-23-26-48-44(30-36)39-17-7-9-20-47(39)53-48)34-21-24-41-42(28-34)40-18-10-12-32-27-31-11-4-5-15-37(31)50(41)49(32)40/h1-30H. The van der Waals surface area contributed by atoms with Crippen LogP contribution in [0, 0.1) is 0 Å². The van der Waals surface area contributed by atoms with Gasteiger partial charge in [0.2, 0.25) is 0 Å². The molecule has 0 amide bonds. The minimum absolute atomic E-state index is 0.888. The number of hydrogen-bond acceptors (Lipinski definition) is 2. The van der Waals surface area contributed by atoms with Crippen LogP contribution >= 0.6 is 0 Å². The quantitative estimate of drug-likeness (QED) is 0.173. The van der Waals surface area contributed by atoms with Gasteiger partial charge in [-0.15, -0.1) is 0 Å². The molecule has 0 N–H and O–H groups in total. The Balaban J connectivity index is 1.12. The molecule has 0 spiro atoms. The molecular weight excluding hydrogens is 645 g/mol. The summed E-state index contributed by atoms with van der Waals surface area (Å²) in [6.45, 7) is 0. The van der Waals surface area contributed by atoms with E-state index in [0.29, 0.717) is 0 Å². The van der Waals surface area contributed by atoms with Crippen LogP contribution in [-0.4, -0.2) is 4.57 Å². The van der Waals surface area contributed by atoms with Gasteiger partial charge in [0, 0.05) is 44.3 Å². The van der Waals surface area contributed by atoms with Gasteiger partial charge < -0.3 is 13.9 Å². The summed E-state index contributed by atoms with van der Waals surface area (Å²) in [7, 11) is 0. The maximum absolute atomic E-state index is 6.29. The maximum atomic E-state index is 6.29. The summed E-state index contributed by atoms with van der Waals surface area (Å²) in [5.74, 6) is 0. The van der Waals surface area contributed by atoms with Crippen molar-refractivity contribution in [2.75, 3.05) is 4.90 Å². The highest BCUT2D eigenvalue weighted by atomic mass is 16.3. The van der Waals surface area contributed by atoms with Crippen LogP contribution in [0.2, 0.25) is 0 Å². The third-order valence-electron chi connectivity index (χ3n) is 11.3. The molecule has 2 heterocycles. The van der Waals surface area contributed by atoms with Gasteiger partial charge >= 0.3 is 0 Å². The Kier molecular flexibility index (Phi) is 5.77. The van der Waals surface area contributed by atoms with E-state index in [9.17, 15) is 0 Å². The Bertz CT molecular complexity index is 3290. The molecule has 11 aromatic rings. The monoisotopic (exact) mass is 674 g/mol. The Labute approximate surface area is 305 Å². The fourth-order valence-electron chi connectivity index (χ4n) is 8.99. The van der Waals surface area contributed by atoms with Gasteiger partial charge in [-0.25, -0.2) is 0 Å². The summed E-state index contributed by atoms with van der Waals surface area (Å²) in [5, 5.41) is 9.86. The minimum Gasteiger partial charge on any atom is -0.456 e. The lowest BCUT2D eigenvalue weighted by Crippen LogP contribution is -2.10. The first-order valence-corrected chi connectivity index (χ1v) is 18.2. The normalized spacial score (nSPS) is 12.2. The first kappa shape index (κ1) is 28.6. The van der Waals surface area contributed by atoms with Crippen molar-refractivity contribution >= 4 is 82.4 Å². The van der Waals surface area contributed by atoms with Crippen molar-refractivity contribution < 1.29 is 4.42 Å². The second-order valence-electron chi connectivity index (χ2n) is 14.1. The molecular formula is C50H30N2O. The van der Waals surface area contributed by atoms with Crippen molar-refractivity contribution in [2.45, 2.75) is 0 Å². The lowest BCUT2D eigenvalue weighted by molar-refractivity contribution is 0.669. The van der Waals surface area contributed by atoms with Crippen molar-refractivity contribution in [1.29, 1.82) is 0 Å². The predicted molar refractivity (Wildman–Crippen MR) is 222 cm³/mol. The van der Waals surface area contributed by atoms with Crippen LogP contribution in [-0.2, 0) is 0 Å². The molecule has 0 aliphatic heterocycles. The van der Waals surface area contributed by atoms with Gasteiger partial charge in [0.05, 0.1) is 11.0 Å². The lowest BCUT2D eigenvalue weighted by atomic mass is 9.96. The molecule has 0 bridgehead atoms. The number of anilines is 3. The van der Waals surface area contributed by atoms with E-state index >= 15 is 0 Å². The van der Waals surface area contributed by atoms with Crippen LogP contribution in [0.5, 0.6) is 0 Å². The van der Waals surface area contributed by atoms with Crippen LogP contribution in [0.15, 0.2) is 186 Å². The van der Waals surface area contributed by atoms with Crippen molar-refractivity contribution in [2.24, 2.45) is 0 Å². The largest absolute Gasteiger partial charge is 0.456 e. The van der Waals surface area contributed by atoms with Crippen molar-refractivity contribution in [3.63, 3.8) is 0 Å². The van der Waals surface area contributed by atoms with Crippen LogP contribution in [0.4, 0.5) is 17.1 Å². The highest BCUT2D eigenvalue weighted by Crippen LogP contribution is 2.52. The lowest BCUT2D eigenvalue weighted by Gasteiger charge is -2.26. The number of hydrogen-bond donors (Lipinski definition) is 0. The smallest absolute Gasteiger partial charge is 0.135 e. The van der Waals surface area contributed by atoms with E-state index in [1.807, 2.05) is 12.1 Å². The first-order valence-electron chi connectivity index (χ1n) is 18.2. The molecule has 2 aromatic heterocycles. The zero-order valence-electron chi connectivity index (χ0n) is 28.6. The van der Waals surface area contributed by atoms with Gasteiger partial charge in [-0.05, 0) is 123 Å². The molecule has 53 heavy (non-hydrogen) atoms. The molecule has 0 fully saturated rings. The van der Waals surface area contributed by atoms with Crippen LogP contribution in [0.25, 0.3) is 93.2 Å². The molecule has 0 saturated carbocycles. The van der Waals surface area contributed by atoms with Crippen molar-refractivity contribution in [1.82, 2.24) is 4.57 Å². The van der Waals surface area contributed by atoms with E-state index in [1.54, 1.807) is 0 Å². The van der Waals surface area contributed by atoms with E-state index in [2.05, 4.69) is 179 Å². The molecule has 246 valence electrons. The maximum Gasteiger partial charge on any atom is 0.135 e. The third kappa shape index (κ3) is 4.05. The van der Waals surface area contributed by atoms with Gasteiger partial charge in [0.1, 0.15) is 11.2 Å². The highest BCUT2D eigenvalue weighted by Gasteiger charge is 2.26. The molecule has 12 rings (SSSR count). The second kappa shape index (κ2) is 10.7. The Morgan fingerprint density at radius 3 is 1.94 bits per heavy atom. The molecule has 3 heteroatoms. The average molecular weight is 675 g/mol. The number of para-hydroxylation sites is 3. The van der Waals surface area contributed by atoms with Gasteiger partial charge in [-0.2, -0.15) is 0 Å². The molecule has 0 atom stereocenters. The number of rotatable bonds is 4. The van der Waals surface area contributed by atoms with E-state index in [-0.39, 0.29) is 0 Å². The third-order valence-corrected chi connectivity index (χ3v) is 11.3. The summed E-state index contributed by atoms with van der Waals surface area (Å²) in [4.78, 5) is 2.41. The summed E-state index contributed by atoms with van der Waals surface area (Å²) in [6.07, 6.45) is 0. The first-order chi connectivity index (χ1) is 26.3. The van der Waals surface area contributed by atoms with E-state index in [1.165, 1.54) is 65.6 Å². The van der Waals surface area contributed by atoms with E-state index in [0.717, 1.165) is 44.7 Å². The summed E-state index contributed by atoms with van der Waals surface area (Å²) < 4.78 is 8.67. The second-order valence-corrected chi connectivity index (χ2v) is 14.1. The molecule has 9 aromatic carbocycles. The zero-order valence-corrected chi connectivity index (χ0v) is 28.6. The summed E-state index contributed by atoms with van der Waals surface area (Å²) in [6, 6.07) is 66.1. The number of nitrogens with zero attached hydrogens (tertiary/aromatic N) is 2. The zero-order chi connectivity index (χ0) is 34.6. The van der Waals surface area contributed by atoms with Crippen LogP contribution < -0.4 is 4.90 Å². The van der Waals surface area contributed by atoms with Crippen LogP contribution in [0.1, 0.15) is 0 Å². The van der Waals surface area contributed by atoms with E-state index in [4.69, 9.17) is 4.42 Å². The van der Waals surface area contributed by atoms with Gasteiger partial charge in [-0.3, -0.25) is 0 Å². The average Bonchev–Trinajstić information content (AvgIpc) is 3.87. The van der Waals surface area contributed by atoms with Gasteiger partial charge in [0.15, 0.2) is 0 Å². The molecule has 0 saturated heterocycles. The SMILES string of the molecule is c1ccc(-n2c3ccccc3c3cc(N(c4ccc5c(c4)-c4cccc6cc7ccccc7c-5c46)c4ccc5oc6ccccc6c5c4)ccc32)cc1. The molecule has 1 aliphatic rings. The Hall–Kier alpha value is -7.10. The number of furan rings is 1. The van der Waals surface area contributed by atoms with Crippen molar-refractivity contribution in [3.8, 4) is 27.9 Å². The fourth-order valence-corrected chi connectivity index (χ4v) is 8.99. The van der Waals surface area contributed by atoms with Crippen LogP contribution in [0.3, 0.4) is 0 Å². The van der Waals surface area contributed by atoms with Crippen molar-refractivity contribution in [3.05, 3.63) is 182 Å². The minimum atomic E-state index is 0.888. The summed E-state index contributed by atoms with van der Waals surface area (Å²) in [5.41, 5.74) is 13.8. The molecule has 3 nitrogen and oxygen atoms in total. The Morgan fingerprint density at radius 2 is 1.04 bits per heavy atom.